The number of hydrogen-bond donors (Lipinski definition) is 2. The highest BCUT2D eigenvalue weighted by atomic mass is 32.1. The van der Waals surface area contributed by atoms with Crippen LogP contribution in [0.5, 0.6) is 11.5 Å². The van der Waals surface area contributed by atoms with E-state index in [1.165, 1.54) is 28.0 Å². The van der Waals surface area contributed by atoms with Gasteiger partial charge in [0.05, 0.1) is 15.0 Å². The molecule has 4 rings (SSSR count). The first-order chi connectivity index (χ1) is 15.7. The Bertz CT molecular complexity index is 1430. The van der Waals surface area contributed by atoms with Gasteiger partial charge in [-0.3, -0.25) is 9.59 Å². The second-order valence-electron chi connectivity index (χ2n) is 7.90. The van der Waals surface area contributed by atoms with Crippen LogP contribution >= 0.6 is 11.3 Å². The van der Waals surface area contributed by atoms with Crippen molar-refractivity contribution in [1.29, 1.82) is 0 Å². The number of benzene rings is 2. The molecule has 0 unspecified atom stereocenters. The number of nitrogen functional groups attached to an aromatic ring is 1. The topological polar surface area (TPSA) is 86.4 Å². The lowest BCUT2D eigenvalue weighted by Crippen LogP contribution is -2.21. The van der Waals surface area contributed by atoms with E-state index in [0.29, 0.717) is 60.9 Å². The summed E-state index contributed by atoms with van der Waals surface area (Å²) < 4.78 is 22.2. The molecular weight excluding hydrogens is 441 g/mol. The van der Waals surface area contributed by atoms with E-state index in [9.17, 15) is 14.0 Å². The highest BCUT2D eigenvalue weighted by molar-refractivity contribution is 7.21. The molecule has 0 aliphatic heterocycles. The number of amides is 1. The molecule has 0 radical (unpaired) electrons. The second-order valence-corrected chi connectivity index (χ2v) is 8.95. The summed E-state index contributed by atoms with van der Waals surface area (Å²) in [6.45, 7) is 5.89. The first kappa shape index (κ1) is 22.5. The Morgan fingerprint density at radius 1 is 1.15 bits per heavy atom. The third-order valence-electron chi connectivity index (χ3n) is 5.34. The van der Waals surface area contributed by atoms with Crippen molar-refractivity contribution < 1.29 is 13.9 Å². The first-order valence-corrected chi connectivity index (χ1v) is 11.3. The molecule has 1 amide bonds. The van der Waals surface area contributed by atoms with Crippen LogP contribution in [0.25, 0.3) is 21.2 Å². The van der Waals surface area contributed by atoms with Gasteiger partial charge in [0.1, 0.15) is 17.3 Å². The monoisotopic (exact) mass is 465 g/mol. The Hall–Kier alpha value is -3.65. The normalized spacial score (nSPS) is 11.1. The van der Waals surface area contributed by atoms with Gasteiger partial charge in [-0.2, -0.15) is 0 Å². The lowest BCUT2D eigenvalue weighted by atomic mass is 10.0. The Labute approximate surface area is 194 Å². The predicted molar refractivity (Wildman–Crippen MR) is 131 cm³/mol. The molecule has 2 aromatic carbocycles. The number of thiophene rings is 1. The Morgan fingerprint density at radius 2 is 1.85 bits per heavy atom. The lowest BCUT2D eigenvalue weighted by Gasteiger charge is -2.17. The van der Waals surface area contributed by atoms with Crippen molar-refractivity contribution in [3.8, 4) is 22.6 Å². The number of pyridine rings is 1. The molecule has 33 heavy (non-hydrogen) atoms. The lowest BCUT2D eigenvalue weighted by molar-refractivity contribution is 0.0960. The Morgan fingerprint density at radius 3 is 2.52 bits per heavy atom. The van der Waals surface area contributed by atoms with Crippen molar-refractivity contribution in [3.05, 3.63) is 74.8 Å². The number of nitrogens with two attached hydrogens (primary N) is 1. The number of nitrogens with zero attached hydrogens (tertiary/aromatic N) is 1. The van der Waals surface area contributed by atoms with Crippen LogP contribution in [-0.2, 0) is 7.05 Å². The molecule has 0 fully saturated rings. The van der Waals surface area contributed by atoms with Gasteiger partial charge in [0.25, 0.3) is 11.5 Å². The fraction of sp³-hybridized carbons (Fsp3) is 0.200. The van der Waals surface area contributed by atoms with Gasteiger partial charge in [-0.05, 0) is 68.3 Å². The number of carbonyl (C=O) groups is 1. The molecule has 0 spiro atoms. The number of halogens is 1. The average molecular weight is 466 g/mol. The first-order valence-electron chi connectivity index (χ1n) is 10.5. The van der Waals surface area contributed by atoms with Gasteiger partial charge < -0.3 is 20.4 Å². The summed E-state index contributed by atoms with van der Waals surface area (Å²) in [6.07, 6.45) is 1.72. The van der Waals surface area contributed by atoms with E-state index in [4.69, 9.17) is 10.5 Å². The minimum atomic E-state index is -0.328. The molecule has 6 nitrogen and oxygen atoms in total. The number of aromatic nitrogens is 1. The van der Waals surface area contributed by atoms with Crippen LogP contribution in [-0.4, -0.2) is 17.0 Å². The number of rotatable bonds is 5. The number of ether oxygens (including phenoxy) is 1. The standard InChI is InChI=1S/C25H24FN3O3S/c1-5-28-24(30)21-11-18-23(33-21)19(12-29(4)25(18)31)17-10-16(27)6-7-20(17)32-22-13(2)8-15(26)9-14(22)3/h6-12H,5,27H2,1-4H3,(H,28,30). The number of carbonyl (C=O) groups excluding carboxylic acids is 1. The minimum absolute atomic E-state index is 0.197. The van der Waals surface area contributed by atoms with Crippen LogP contribution in [0.4, 0.5) is 10.1 Å². The third kappa shape index (κ3) is 4.21. The molecule has 0 saturated carbocycles. The molecule has 170 valence electrons. The molecule has 3 N–H and O–H groups in total. The van der Waals surface area contributed by atoms with Crippen LogP contribution in [0.3, 0.4) is 0 Å². The van der Waals surface area contributed by atoms with Gasteiger partial charge in [-0.25, -0.2) is 4.39 Å². The summed E-state index contributed by atoms with van der Waals surface area (Å²) in [5, 5.41) is 3.22. The summed E-state index contributed by atoms with van der Waals surface area (Å²) >= 11 is 1.25. The van der Waals surface area contributed by atoms with Crippen LogP contribution in [0.15, 0.2) is 47.4 Å². The maximum atomic E-state index is 13.8. The zero-order valence-corrected chi connectivity index (χ0v) is 19.6. The summed E-state index contributed by atoms with van der Waals surface area (Å²) in [4.78, 5) is 25.7. The van der Waals surface area contributed by atoms with Gasteiger partial charge >= 0.3 is 0 Å². The van der Waals surface area contributed by atoms with Crippen LogP contribution in [0.2, 0.25) is 0 Å². The van der Waals surface area contributed by atoms with E-state index in [0.717, 1.165) is 0 Å². The van der Waals surface area contributed by atoms with Gasteiger partial charge in [-0.15, -0.1) is 11.3 Å². The zero-order valence-electron chi connectivity index (χ0n) is 18.8. The molecule has 4 aromatic rings. The van der Waals surface area contributed by atoms with E-state index in [1.807, 2.05) is 6.92 Å². The van der Waals surface area contributed by atoms with Crippen molar-refractivity contribution in [2.75, 3.05) is 12.3 Å². The van der Waals surface area contributed by atoms with Gasteiger partial charge in [0.2, 0.25) is 0 Å². The Kier molecular flexibility index (Phi) is 5.95. The predicted octanol–water partition coefficient (Wildman–Crippen LogP) is 5.15. The molecule has 2 aromatic heterocycles. The minimum Gasteiger partial charge on any atom is -0.456 e. The molecule has 0 bridgehead atoms. The van der Waals surface area contributed by atoms with Crippen LogP contribution in [0.1, 0.15) is 27.7 Å². The van der Waals surface area contributed by atoms with E-state index in [-0.39, 0.29) is 17.3 Å². The highest BCUT2D eigenvalue weighted by Crippen LogP contribution is 2.41. The summed E-state index contributed by atoms with van der Waals surface area (Å²) in [6, 6.07) is 9.71. The summed E-state index contributed by atoms with van der Waals surface area (Å²) in [7, 11) is 1.66. The summed E-state index contributed by atoms with van der Waals surface area (Å²) in [5.74, 6) is 0.507. The SMILES string of the molecule is CCNC(=O)c1cc2c(=O)n(C)cc(-c3cc(N)ccc3Oc3c(C)cc(F)cc3C)c2s1. The van der Waals surface area contributed by atoms with Crippen molar-refractivity contribution in [2.45, 2.75) is 20.8 Å². The maximum Gasteiger partial charge on any atom is 0.261 e. The number of anilines is 1. The number of aryl methyl sites for hydroxylation is 3. The van der Waals surface area contributed by atoms with Crippen LogP contribution in [0, 0.1) is 19.7 Å². The van der Waals surface area contributed by atoms with Crippen molar-refractivity contribution >= 4 is 33.0 Å². The fourth-order valence-corrected chi connectivity index (χ4v) is 4.91. The van der Waals surface area contributed by atoms with Gasteiger partial charge in [-0.1, -0.05) is 0 Å². The smallest absolute Gasteiger partial charge is 0.261 e. The molecule has 0 saturated heterocycles. The molecule has 8 heteroatoms. The van der Waals surface area contributed by atoms with E-state index < -0.39 is 0 Å². The fourth-order valence-electron chi connectivity index (χ4n) is 3.82. The quantitative estimate of drug-likeness (QED) is 0.399. The third-order valence-corrected chi connectivity index (χ3v) is 6.51. The molecule has 0 aliphatic carbocycles. The molecule has 2 heterocycles. The summed E-state index contributed by atoms with van der Waals surface area (Å²) in [5.41, 5.74) is 9.14. The van der Waals surface area contributed by atoms with Crippen molar-refractivity contribution in [3.63, 3.8) is 0 Å². The number of hydrogen-bond acceptors (Lipinski definition) is 5. The van der Waals surface area contributed by atoms with E-state index >= 15 is 0 Å². The average Bonchev–Trinajstić information content (AvgIpc) is 3.20. The molecule has 0 aliphatic rings. The second kappa shape index (κ2) is 8.71. The maximum absolute atomic E-state index is 13.8. The van der Waals surface area contributed by atoms with E-state index in [2.05, 4.69) is 5.32 Å². The van der Waals surface area contributed by atoms with Gasteiger partial charge in [0, 0.05) is 36.6 Å². The highest BCUT2D eigenvalue weighted by Gasteiger charge is 2.20. The number of fused-ring (bicyclic) bond motifs is 1. The van der Waals surface area contributed by atoms with Gasteiger partial charge in [0.15, 0.2) is 0 Å². The van der Waals surface area contributed by atoms with E-state index in [1.54, 1.807) is 51.4 Å². The largest absolute Gasteiger partial charge is 0.456 e. The van der Waals surface area contributed by atoms with Crippen LogP contribution < -0.4 is 21.3 Å². The van der Waals surface area contributed by atoms with Crippen molar-refractivity contribution in [2.24, 2.45) is 7.05 Å². The molecular formula is C25H24FN3O3S. The number of nitrogens with one attached hydrogen (secondary N) is 1. The molecule has 0 atom stereocenters. The Balaban J connectivity index is 1.94. The zero-order chi connectivity index (χ0) is 23.9. The van der Waals surface area contributed by atoms with Crippen molar-refractivity contribution in [1.82, 2.24) is 9.88 Å².